The number of hydrogen-bond donors (Lipinski definition) is 1. The van der Waals surface area contributed by atoms with Gasteiger partial charge in [-0.25, -0.2) is 36.0 Å². The minimum absolute atomic E-state index is 0.00740. The van der Waals surface area contributed by atoms with Crippen molar-refractivity contribution in [1.29, 1.82) is 0 Å². The Balaban J connectivity index is 0.000000281. The number of amides is 2. The molecule has 1 aliphatic heterocycles. The average Bonchev–Trinajstić information content (AvgIpc) is 0.764. The fourth-order valence-corrected chi connectivity index (χ4v) is 13.1. The molecule has 9 rings (SSSR count). The number of carboxylic acid groups (broad SMARTS) is 1. The van der Waals surface area contributed by atoms with Gasteiger partial charge in [-0.05, 0) is 122 Å². The van der Waals surface area contributed by atoms with Crippen LogP contribution in [-0.2, 0) is 98.5 Å². The lowest BCUT2D eigenvalue weighted by Gasteiger charge is -2.17. The van der Waals surface area contributed by atoms with Crippen molar-refractivity contribution in [3.63, 3.8) is 0 Å². The highest BCUT2D eigenvalue weighted by Gasteiger charge is 2.35. The van der Waals surface area contributed by atoms with E-state index in [0.717, 1.165) is 0 Å². The molecule has 0 bridgehead atoms. The number of rotatable bonds is 45. The zero-order valence-corrected chi connectivity index (χ0v) is 64.9. The second-order valence-electron chi connectivity index (χ2n) is 25.1. The van der Waals surface area contributed by atoms with Crippen molar-refractivity contribution in [1.82, 2.24) is 5.06 Å². The van der Waals surface area contributed by atoms with Crippen molar-refractivity contribution in [2.45, 2.75) is 79.3 Å². The van der Waals surface area contributed by atoms with E-state index in [-0.39, 0.29) is 112 Å². The number of esters is 2. The van der Waals surface area contributed by atoms with Gasteiger partial charge in [0.25, 0.3) is 11.8 Å². The summed E-state index contributed by atoms with van der Waals surface area (Å²) in [4.78, 5) is 83.3. The Morgan fingerprint density at radius 1 is 0.432 bits per heavy atom. The van der Waals surface area contributed by atoms with Crippen molar-refractivity contribution in [2.75, 3.05) is 146 Å². The van der Waals surface area contributed by atoms with Crippen molar-refractivity contribution in [3.8, 4) is 34.5 Å². The van der Waals surface area contributed by atoms with Gasteiger partial charge < -0.3 is 85.4 Å². The first-order chi connectivity index (χ1) is 53.3. The lowest BCUT2D eigenvalue weighted by Crippen LogP contribution is -2.37. The van der Waals surface area contributed by atoms with Crippen molar-refractivity contribution in [2.24, 2.45) is 0 Å². The summed E-state index contributed by atoms with van der Waals surface area (Å²) < 4.78 is 152. The Kier molecular flexibility index (Phi) is 33.5. The third-order valence-corrected chi connectivity index (χ3v) is 18.9. The highest BCUT2D eigenvalue weighted by Crippen LogP contribution is 2.37. The Morgan fingerprint density at radius 3 is 1.04 bits per heavy atom. The average molecular weight is 1580 g/mol. The molecule has 3 heterocycles. The maximum Gasteiger partial charge on any atom is 0.363 e. The number of ether oxygens (including phenoxy) is 14. The van der Waals surface area contributed by atoms with Gasteiger partial charge in [-0.15, -0.1) is 5.06 Å². The van der Waals surface area contributed by atoms with E-state index < -0.39 is 67.4 Å². The summed E-state index contributed by atoms with van der Waals surface area (Å²) in [5.74, 6) is -3.82. The standard InChI is InChI=1S/C41H48N2O15S.C37H45NO13S/c1-5-28-24-29(40(46)58-43-36(44)11-12-37(43)45)23-27(2)39(28)57-41(47)38-32-25-30(55-20-18-53-16-14-51-3)7-9-34(32)42(13-6-22-59(48,49)50)35-10-8-31(26-33(35)38)56-21-19-54-17-15-52-4;1-5-26-22-27(36(39)40)21-25(2)35(26)51-37(41)34-30-23-28(49-18-16-47-14-12-45-3)7-9-32(30)38(11-6-20-52(42,43)44)33-10-8-29(24-31(33)34)50-19-17-48-15-13-46-4/h7-10,23-26H,5-6,11-22H2,1-4H3;7-10,21-24H,5-6,11-20H2,1-4H3,(H-,39,40,42,43,44). The van der Waals surface area contributed by atoms with Crippen LogP contribution in [0.25, 0.3) is 43.6 Å². The largest absolute Gasteiger partial charge is 0.748 e. The van der Waals surface area contributed by atoms with E-state index in [4.69, 9.17) is 71.2 Å². The monoisotopic (exact) mass is 1580 g/mol. The lowest BCUT2D eigenvalue weighted by molar-refractivity contribution is -0.645. The topological polar surface area (TPSA) is 387 Å². The van der Waals surface area contributed by atoms with Gasteiger partial charge in [0.1, 0.15) is 60.9 Å². The maximum absolute atomic E-state index is 14.7. The third kappa shape index (κ3) is 24.9. The Hall–Kier alpha value is -9.62. The molecule has 31 nitrogen and oxygen atoms in total. The lowest BCUT2D eigenvalue weighted by atomic mass is 10.00. The van der Waals surface area contributed by atoms with Gasteiger partial charge in [0.05, 0.1) is 143 Å². The number of carbonyl (C=O) groups is 6. The number of imide groups is 1. The number of hydroxylamine groups is 2. The smallest absolute Gasteiger partial charge is 0.363 e. The van der Waals surface area contributed by atoms with Crippen LogP contribution in [-0.4, -0.2) is 217 Å². The van der Waals surface area contributed by atoms with E-state index in [1.807, 2.05) is 16.1 Å². The molecule has 0 saturated carbocycles. The molecule has 8 aromatic rings. The normalized spacial score (nSPS) is 12.4. The summed E-state index contributed by atoms with van der Waals surface area (Å²) in [6, 6.07) is 26.4. The number of methoxy groups -OCH3 is 4. The molecule has 1 fully saturated rings. The van der Waals surface area contributed by atoms with Crippen LogP contribution in [0.2, 0.25) is 0 Å². The Labute approximate surface area is 642 Å². The first kappa shape index (κ1) is 87.0. The van der Waals surface area contributed by atoms with Crippen LogP contribution in [0.4, 0.5) is 0 Å². The predicted octanol–water partition coefficient (Wildman–Crippen LogP) is 7.70. The molecule has 0 radical (unpaired) electrons. The molecule has 1 saturated heterocycles. The van der Waals surface area contributed by atoms with Gasteiger partial charge in [-0.2, -0.15) is 9.13 Å². The Morgan fingerprint density at radius 2 is 0.739 bits per heavy atom. The van der Waals surface area contributed by atoms with E-state index in [0.29, 0.717) is 173 Å². The molecule has 33 heteroatoms. The quantitative estimate of drug-likeness (QED) is 0.00726. The summed E-state index contributed by atoms with van der Waals surface area (Å²) in [6.07, 6.45) is 0.621. The number of carbonyl (C=O) groups excluding carboxylic acids is 5. The van der Waals surface area contributed by atoms with Crippen LogP contribution >= 0.6 is 0 Å². The van der Waals surface area contributed by atoms with Gasteiger partial charge in [0, 0.05) is 89.9 Å². The zero-order valence-electron chi connectivity index (χ0n) is 63.3. The van der Waals surface area contributed by atoms with Crippen LogP contribution in [0.1, 0.15) is 103 Å². The number of pyridine rings is 2. The van der Waals surface area contributed by atoms with E-state index in [1.54, 1.807) is 122 Å². The maximum atomic E-state index is 14.7. The molecular weight excluding hydrogens is 1490 g/mol. The zero-order chi connectivity index (χ0) is 80.2. The van der Waals surface area contributed by atoms with Crippen LogP contribution in [0.15, 0.2) is 97.1 Å². The molecule has 6 aromatic carbocycles. The van der Waals surface area contributed by atoms with Crippen LogP contribution < -0.4 is 37.6 Å². The minimum Gasteiger partial charge on any atom is -0.748 e. The van der Waals surface area contributed by atoms with Gasteiger partial charge in [0.2, 0.25) is 22.1 Å². The van der Waals surface area contributed by atoms with E-state index in [2.05, 4.69) is 0 Å². The highest BCUT2D eigenvalue weighted by molar-refractivity contribution is 7.85. The molecule has 0 unspecified atom stereocenters. The predicted molar refractivity (Wildman–Crippen MR) is 399 cm³/mol. The number of nitrogens with zero attached hydrogens (tertiary/aromatic N) is 3. The third-order valence-electron chi connectivity index (χ3n) is 17.3. The van der Waals surface area contributed by atoms with Crippen LogP contribution in [0.3, 0.4) is 0 Å². The Bertz CT molecular complexity index is 4670. The second kappa shape index (κ2) is 42.7. The van der Waals surface area contributed by atoms with Gasteiger partial charge >= 0.3 is 23.9 Å². The first-order valence-electron chi connectivity index (χ1n) is 35.9. The summed E-state index contributed by atoms with van der Waals surface area (Å²) in [5.41, 5.74) is 4.46. The minimum atomic E-state index is -4.52. The van der Waals surface area contributed by atoms with Crippen LogP contribution in [0.5, 0.6) is 34.5 Å². The molecule has 2 aromatic heterocycles. The molecule has 2 amide bonds. The number of aromatic nitrogens is 2. The molecule has 600 valence electrons. The fraction of sp³-hybridized carbons (Fsp3) is 0.436. The van der Waals surface area contributed by atoms with Gasteiger partial charge in [0.15, 0.2) is 13.1 Å². The van der Waals surface area contributed by atoms with Crippen molar-refractivity contribution >= 4 is 99.5 Å². The van der Waals surface area contributed by atoms with E-state index in [9.17, 15) is 59.8 Å². The van der Waals surface area contributed by atoms with Gasteiger partial charge in [-0.1, -0.05) is 13.8 Å². The number of carboxylic acids is 1. The molecule has 0 atom stereocenters. The van der Waals surface area contributed by atoms with Gasteiger partial charge in [-0.3, -0.25) is 9.59 Å². The molecule has 0 spiro atoms. The molecule has 0 aliphatic carbocycles. The summed E-state index contributed by atoms with van der Waals surface area (Å²) in [6.45, 7) is 12.4. The van der Waals surface area contributed by atoms with E-state index in [1.165, 1.54) is 24.3 Å². The fourth-order valence-electron chi connectivity index (χ4n) is 12.1. The van der Waals surface area contributed by atoms with Crippen LogP contribution in [0, 0.1) is 13.8 Å². The SMILES string of the molecule is CCc1cc(C(=O)O)cc(C)c1OC(=O)c1c2cc(OCCOCCOC)ccc2[n+](CCCS(=O)(=O)[O-])c2ccc(OCCOCCOC)cc12.CCc1cc(C(=O)ON2C(=O)CCC2=O)cc(C)c1OC(=O)c1c2cc(OCCOCCOC)ccc2[n+](CCCS(=O)(=O)[O-])c2ccc(OCCOCCOC)cc12. The number of aromatic carboxylic acids is 1. The number of aryl methyl sites for hydroxylation is 6. The van der Waals surface area contributed by atoms with E-state index >= 15 is 0 Å². The molecule has 1 aliphatic rings. The summed E-state index contributed by atoms with van der Waals surface area (Å²) in [7, 11) is -2.70. The number of hydrogen-bond acceptors (Lipinski definition) is 27. The van der Waals surface area contributed by atoms with Crippen molar-refractivity contribution in [3.05, 3.63) is 142 Å². The first-order valence-corrected chi connectivity index (χ1v) is 39.0. The number of benzene rings is 6. The molecule has 1 N–H and O–H groups in total. The van der Waals surface area contributed by atoms with Crippen molar-refractivity contribution < 1.29 is 140 Å². The number of fused-ring (bicyclic) bond motifs is 4. The highest BCUT2D eigenvalue weighted by atomic mass is 32.2. The summed E-state index contributed by atoms with van der Waals surface area (Å²) >= 11 is 0. The molecule has 111 heavy (non-hydrogen) atoms. The summed E-state index contributed by atoms with van der Waals surface area (Å²) in [5, 5.41) is 11.7. The molecular formula is C78H93N3O28S2. The second-order valence-corrected chi connectivity index (χ2v) is 28.2.